The smallest absolute Gasteiger partial charge is 0.257 e. The van der Waals surface area contributed by atoms with Crippen LogP contribution >= 0.6 is 0 Å². The number of nitrogen functional groups attached to an aromatic ring is 1. The number of carbonyl (C=O) groups is 1. The van der Waals surface area contributed by atoms with Crippen LogP contribution in [-0.2, 0) is 16.4 Å². The summed E-state index contributed by atoms with van der Waals surface area (Å²) in [7, 11) is -1.77. The number of methoxy groups -OCH3 is 1. The number of carbonyl (C=O) groups excluding carboxylic acids is 1. The van der Waals surface area contributed by atoms with Crippen LogP contribution in [-0.4, -0.2) is 77.5 Å². The Kier molecular flexibility index (Phi) is 8.24. The van der Waals surface area contributed by atoms with Gasteiger partial charge in [0.1, 0.15) is 17.9 Å². The fourth-order valence-corrected chi connectivity index (χ4v) is 5.28. The first-order chi connectivity index (χ1) is 18.3. The van der Waals surface area contributed by atoms with Crippen molar-refractivity contribution in [1.82, 2.24) is 24.2 Å². The molecule has 1 saturated heterocycles. The van der Waals surface area contributed by atoms with Crippen molar-refractivity contribution in [3.8, 4) is 28.8 Å². The van der Waals surface area contributed by atoms with Gasteiger partial charge in [-0.2, -0.15) is 4.31 Å². The monoisotopic (exact) mass is 534 g/mol. The molecular formula is C27H30N6O4S. The van der Waals surface area contributed by atoms with Crippen molar-refractivity contribution in [1.29, 1.82) is 0 Å². The molecule has 11 heteroatoms. The molecule has 1 amide bonds. The summed E-state index contributed by atoms with van der Waals surface area (Å²) in [6.07, 6.45) is 3.77. The molecule has 38 heavy (non-hydrogen) atoms. The van der Waals surface area contributed by atoms with Crippen LogP contribution in [0.5, 0.6) is 5.75 Å². The Hall–Kier alpha value is -4.01. The topological polar surface area (TPSA) is 132 Å². The van der Waals surface area contributed by atoms with E-state index in [9.17, 15) is 13.2 Å². The van der Waals surface area contributed by atoms with Gasteiger partial charge in [0.05, 0.1) is 35.4 Å². The molecule has 0 radical (unpaired) electrons. The lowest BCUT2D eigenvalue weighted by Crippen LogP contribution is -2.50. The van der Waals surface area contributed by atoms with E-state index in [0.717, 1.165) is 11.3 Å². The summed E-state index contributed by atoms with van der Waals surface area (Å²) >= 11 is 0. The minimum absolute atomic E-state index is 0.0439. The number of aryl methyl sites for hydroxylation is 1. The zero-order chi connectivity index (χ0) is 27.3. The van der Waals surface area contributed by atoms with E-state index in [2.05, 4.69) is 26.8 Å². The van der Waals surface area contributed by atoms with Gasteiger partial charge in [-0.25, -0.2) is 23.4 Å². The third kappa shape index (κ3) is 5.77. The summed E-state index contributed by atoms with van der Waals surface area (Å²) < 4.78 is 31.4. The van der Waals surface area contributed by atoms with Gasteiger partial charge in [0.2, 0.25) is 10.0 Å². The lowest BCUT2D eigenvalue weighted by Gasteiger charge is -2.34. The molecule has 0 saturated carbocycles. The Morgan fingerprint density at radius 2 is 1.82 bits per heavy atom. The molecule has 1 fully saturated rings. The number of piperazine rings is 1. The van der Waals surface area contributed by atoms with Crippen LogP contribution < -0.4 is 10.5 Å². The van der Waals surface area contributed by atoms with Gasteiger partial charge in [-0.05, 0) is 37.6 Å². The second-order valence-electron chi connectivity index (χ2n) is 8.63. The maximum Gasteiger partial charge on any atom is 0.257 e. The van der Waals surface area contributed by atoms with Crippen LogP contribution in [0.15, 0.2) is 42.9 Å². The van der Waals surface area contributed by atoms with Gasteiger partial charge < -0.3 is 15.4 Å². The first kappa shape index (κ1) is 27.0. The Morgan fingerprint density at radius 1 is 1.05 bits per heavy atom. The maximum atomic E-state index is 13.3. The van der Waals surface area contributed by atoms with Gasteiger partial charge in [-0.1, -0.05) is 24.8 Å². The van der Waals surface area contributed by atoms with Gasteiger partial charge >= 0.3 is 0 Å². The Labute approximate surface area is 222 Å². The SMILES string of the molecule is CCc1ncnc(-c2ccc(C(=O)N3CCN(S(=O)(=O)CC)CC3)c(OC)c2)c1C#Cc1ccc(N)nc1. The second kappa shape index (κ2) is 11.6. The summed E-state index contributed by atoms with van der Waals surface area (Å²) in [5.41, 5.74) is 9.62. The molecule has 2 aromatic heterocycles. The average molecular weight is 535 g/mol. The van der Waals surface area contributed by atoms with E-state index in [1.165, 1.54) is 17.7 Å². The van der Waals surface area contributed by atoms with Gasteiger partial charge in [-0.15, -0.1) is 0 Å². The normalized spacial score (nSPS) is 14.0. The summed E-state index contributed by atoms with van der Waals surface area (Å²) in [5, 5.41) is 0. The Morgan fingerprint density at radius 3 is 2.45 bits per heavy atom. The second-order valence-corrected chi connectivity index (χ2v) is 10.9. The molecule has 2 N–H and O–H groups in total. The summed E-state index contributed by atoms with van der Waals surface area (Å²) in [5.74, 6) is 6.94. The number of benzene rings is 1. The van der Waals surface area contributed by atoms with E-state index in [1.54, 1.807) is 42.3 Å². The highest BCUT2D eigenvalue weighted by atomic mass is 32.2. The molecule has 1 aliphatic rings. The molecule has 4 rings (SSSR count). The fraction of sp³-hybridized carbons (Fsp3) is 0.333. The molecule has 0 bridgehead atoms. The minimum atomic E-state index is -3.28. The largest absolute Gasteiger partial charge is 0.496 e. The number of sulfonamides is 1. The van der Waals surface area contributed by atoms with E-state index in [0.29, 0.717) is 53.5 Å². The zero-order valence-corrected chi connectivity index (χ0v) is 22.5. The van der Waals surface area contributed by atoms with E-state index < -0.39 is 10.0 Å². The molecule has 3 aromatic rings. The zero-order valence-electron chi connectivity index (χ0n) is 21.6. The predicted molar refractivity (Wildman–Crippen MR) is 145 cm³/mol. The van der Waals surface area contributed by atoms with Crippen molar-refractivity contribution < 1.29 is 17.9 Å². The van der Waals surface area contributed by atoms with Crippen LogP contribution in [0.2, 0.25) is 0 Å². The summed E-state index contributed by atoms with van der Waals surface area (Å²) in [6.45, 7) is 4.79. The number of anilines is 1. The van der Waals surface area contributed by atoms with E-state index >= 15 is 0 Å². The van der Waals surface area contributed by atoms with E-state index in [1.807, 2.05) is 13.0 Å². The van der Waals surface area contributed by atoms with Crippen molar-refractivity contribution in [2.75, 3.05) is 44.8 Å². The molecule has 10 nitrogen and oxygen atoms in total. The molecule has 198 valence electrons. The van der Waals surface area contributed by atoms with Gasteiger partial charge in [0.25, 0.3) is 5.91 Å². The number of ether oxygens (including phenoxy) is 1. The third-order valence-electron chi connectivity index (χ3n) is 6.37. The summed E-state index contributed by atoms with van der Waals surface area (Å²) in [4.78, 5) is 28.0. The quantitative estimate of drug-likeness (QED) is 0.476. The van der Waals surface area contributed by atoms with E-state index in [-0.39, 0.29) is 24.7 Å². The van der Waals surface area contributed by atoms with Crippen molar-refractivity contribution in [2.24, 2.45) is 0 Å². The van der Waals surface area contributed by atoms with Crippen LogP contribution in [0.4, 0.5) is 5.82 Å². The average Bonchev–Trinajstić information content (AvgIpc) is 2.96. The van der Waals surface area contributed by atoms with Crippen molar-refractivity contribution in [3.63, 3.8) is 0 Å². The van der Waals surface area contributed by atoms with Crippen LogP contribution in [0, 0.1) is 11.8 Å². The van der Waals surface area contributed by atoms with Crippen molar-refractivity contribution in [3.05, 3.63) is 65.2 Å². The molecule has 0 atom stereocenters. The maximum absolute atomic E-state index is 13.3. The Bertz CT molecular complexity index is 1490. The number of nitrogens with two attached hydrogens (primary N) is 1. The van der Waals surface area contributed by atoms with Crippen LogP contribution in [0.3, 0.4) is 0 Å². The number of hydrogen-bond donors (Lipinski definition) is 1. The minimum Gasteiger partial charge on any atom is -0.496 e. The molecule has 1 aromatic carbocycles. The standard InChI is InChI=1S/C27H30N6O4S/c1-4-23-21(9-6-19-7-11-25(28)29-17-19)26(31-18-30-23)20-8-10-22(24(16-20)37-3)27(34)32-12-14-33(15-13-32)38(35,36)5-2/h7-8,10-11,16-18H,4-5,12-15H2,1-3H3,(H2,28,29). The first-order valence-electron chi connectivity index (χ1n) is 12.3. The number of aromatic nitrogens is 3. The predicted octanol–water partition coefficient (Wildman–Crippen LogP) is 2.20. The number of nitrogens with zero attached hydrogens (tertiary/aromatic N) is 5. The molecular weight excluding hydrogens is 504 g/mol. The Balaban J connectivity index is 1.63. The molecule has 0 spiro atoms. The van der Waals surface area contributed by atoms with Gasteiger partial charge in [0, 0.05) is 43.5 Å². The molecule has 0 unspecified atom stereocenters. The van der Waals surface area contributed by atoms with Gasteiger partial charge in [0.15, 0.2) is 0 Å². The number of pyridine rings is 1. The highest BCUT2D eigenvalue weighted by Crippen LogP contribution is 2.30. The van der Waals surface area contributed by atoms with E-state index in [4.69, 9.17) is 10.5 Å². The molecule has 1 aliphatic heterocycles. The van der Waals surface area contributed by atoms with Crippen molar-refractivity contribution in [2.45, 2.75) is 20.3 Å². The lowest BCUT2D eigenvalue weighted by atomic mass is 10.0. The highest BCUT2D eigenvalue weighted by molar-refractivity contribution is 7.89. The molecule has 0 aliphatic carbocycles. The summed E-state index contributed by atoms with van der Waals surface area (Å²) in [6, 6.07) is 8.77. The van der Waals surface area contributed by atoms with Gasteiger partial charge in [-0.3, -0.25) is 4.79 Å². The molecule has 3 heterocycles. The number of rotatable bonds is 6. The highest BCUT2D eigenvalue weighted by Gasteiger charge is 2.29. The third-order valence-corrected chi connectivity index (χ3v) is 8.25. The van der Waals surface area contributed by atoms with Crippen LogP contribution in [0.1, 0.15) is 41.0 Å². The first-order valence-corrected chi connectivity index (χ1v) is 13.9. The van der Waals surface area contributed by atoms with Crippen LogP contribution in [0.25, 0.3) is 11.3 Å². The number of hydrogen-bond acceptors (Lipinski definition) is 8. The van der Waals surface area contributed by atoms with Crippen molar-refractivity contribution >= 4 is 21.7 Å². The number of amides is 1. The fourth-order valence-electron chi connectivity index (χ4n) is 4.19. The lowest BCUT2D eigenvalue weighted by molar-refractivity contribution is 0.0694.